The van der Waals surface area contributed by atoms with Crippen molar-refractivity contribution in [2.75, 3.05) is 36.0 Å². The van der Waals surface area contributed by atoms with Gasteiger partial charge in [0.1, 0.15) is 5.82 Å². The lowest BCUT2D eigenvalue weighted by atomic mass is 10.2. The average Bonchev–Trinajstić information content (AvgIpc) is 3.29. The van der Waals surface area contributed by atoms with Gasteiger partial charge < -0.3 is 9.80 Å². The van der Waals surface area contributed by atoms with Crippen LogP contribution in [0.4, 0.5) is 10.9 Å². The monoisotopic (exact) mass is 362 g/mol. The Morgan fingerprint density at radius 1 is 0.846 bits per heavy atom. The van der Waals surface area contributed by atoms with Gasteiger partial charge in [-0.1, -0.05) is 47.7 Å². The number of rotatable bonds is 3. The van der Waals surface area contributed by atoms with E-state index in [1.807, 2.05) is 47.2 Å². The van der Waals surface area contributed by atoms with E-state index in [4.69, 9.17) is 10.1 Å². The topological polar surface area (TPSA) is 49.6 Å². The summed E-state index contributed by atoms with van der Waals surface area (Å²) in [6.45, 7) is 3.79. The van der Waals surface area contributed by atoms with Crippen molar-refractivity contribution in [3.63, 3.8) is 0 Å². The number of hydrogen-bond acceptors (Lipinski definition) is 6. The molecule has 1 aromatic carbocycles. The molecule has 26 heavy (non-hydrogen) atoms. The molecule has 6 nitrogen and oxygen atoms in total. The molecule has 0 spiro atoms. The van der Waals surface area contributed by atoms with Crippen LogP contribution in [0.5, 0.6) is 0 Å². The van der Waals surface area contributed by atoms with E-state index in [0.717, 1.165) is 53.3 Å². The lowest BCUT2D eigenvalue weighted by molar-refractivity contribution is 0.642. The van der Waals surface area contributed by atoms with Crippen molar-refractivity contribution in [3.05, 3.63) is 60.9 Å². The van der Waals surface area contributed by atoms with Crippen LogP contribution in [0.15, 0.2) is 60.9 Å². The third kappa shape index (κ3) is 2.80. The van der Waals surface area contributed by atoms with Crippen LogP contribution >= 0.6 is 11.3 Å². The first kappa shape index (κ1) is 15.3. The molecule has 0 bridgehead atoms. The van der Waals surface area contributed by atoms with E-state index in [1.54, 1.807) is 11.3 Å². The zero-order valence-corrected chi connectivity index (χ0v) is 15.0. The number of imidazole rings is 1. The van der Waals surface area contributed by atoms with Crippen LogP contribution in [0.25, 0.3) is 16.2 Å². The number of nitrogens with zero attached hydrogens (tertiary/aromatic N) is 6. The van der Waals surface area contributed by atoms with Crippen LogP contribution in [0.3, 0.4) is 0 Å². The summed E-state index contributed by atoms with van der Waals surface area (Å²) in [6, 6.07) is 16.3. The fourth-order valence-corrected chi connectivity index (χ4v) is 4.17. The maximum Gasteiger partial charge on any atom is 0.214 e. The van der Waals surface area contributed by atoms with E-state index in [9.17, 15) is 0 Å². The minimum absolute atomic E-state index is 0.936. The average molecular weight is 362 g/mol. The van der Waals surface area contributed by atoms with Gasteiger partial charge in [0, 0.05) is 37.9 Å². The number of anilines is 2. The molecular weight excluding hydrogens is 344 g/mol. The molecule has 130 valence electrons. The molecule has 0 unspecified atom stereocenters. The Morgan fingerprint density at radius 3 is 2.35 bits per heavy atom. The molecule has 3 aromatic heterocycles. The van der Waals surface area contributed by atoms with Crippen LogP contribution in [-0.4, -0.2) is 45.8 Å². The normalized spacial score (nSPS) is 14.9. The Hall–Kier alpha value is -2.93. The Morgan fingerprint density at radius 2 is 1.62 bits per heavy atom. The molecule has 1 aliphatic heterocycles. The first-order chi connectivity index (χ1) is 12.9. The van der Waals surface area contributed by atoms with E-state index in [-0.39, 0.29) is 0 Å². The van der Waals surface area contributed by atoms with Crippen molar-refractivity contribution in [2.24, 2.45) is 0 Å². The molecule has 5 rings (SSSR count). The highest BCUT2D eigenvalue weighted by molar-refractivity contribution is 7.20. The Kier molecular flexibility index (Phi) is 3.79. The van der Waals surface area contributed by atoms with Crippen molar-refractivity contribution in [1.29, 1.82) is 0 Å². The maximum absolute atomic E-state index is 4.74. The summed E-state index contributed by atoms with van der Waals surface area (Å²) in [5.74, 6) is 1.05. The number of hydrogen-bond donors (Lipinski definition) is 0. The van der Waals surface area contributed by atoms with Gasteiger partial charge in [-0.25, -0.2) is 14.5 Å². The van der Waals surface area contributed by atoms with Crippen LogP contribution in [0.1, 0.15) is 0 Å². The number of fused-ring (bicyclic) bond motifs is 1. The van der Waals surface area contributed by atoms with Crippen LogP contribution < -0.4 is 9.80 Å². The van der Waals surface area contributed by atoms with Gasteiger partial charge in [0.25, 0.3) is 0 Å². The van der Waals surface area contributed by atoms with Crippen molar-refractivity contribution in [3.8, 4) is 11.3 Å². The zero-order valence-electron chi connectivity index (χ0n) is 14.2. The predicted octanol–water partition coefficient (Wildman–Crippen LogP) is 3.18. The largest absolute Gasteiger partial charge is 0.353 e. The number of piperazine rings is 1. The highest BCUT2D eigenvalue weighted by Crippen LogP contribution is 2.27. The Labute approximate surface area is 155 Å². The maximum atomic E-state index is 4.74. The molecule has 0 radical (unpaired) electrons. The van der Waals surface area contributed by atoms with Gasteiger partial charge in [-0.2, -0.15) is 0 Å². The standard InChI is InChI=1S/C19H18N6S/c1-2-6-15(7-3-1)16-14-25-18(21-16)26-19(22-25)24-12-10-23(11-13-24)17-8-4-5-9-20-17/h1-9,14H,10-13H2. The van der Waals surface area contributed by atoms with Gasteiger partial charge >= 0.3 is 0 Å². The van der Waals surface area contributed by atoms with Gasteiger partial charge in [-0.3, -0.25) is 0 Å². The van der Waals surface area contributed by atoms with Crippen LogP contribution in [0.2, 0.25) is 0 Å². The summed E-state index contributed by atoms with van der Waals surface area (Å²) < 4.78 is 1.90. The predicted molar refractivity (Wildman–Crippen MR) is 105 cm³/mol. The molecule has 1 fully saturated rings. The Bertz CT molecular complexity index is 971. The van der Waals surface area contributed by atoms with E-state index in [0.29, 0.717) is 0 Å². The van der Waals surface area contributed by atoms with Crippen LogP contribution in [-0.2, 0) is 0 Å². The SMILES string of the molecule is c1ccc(-c2cn3nc(N4CCN(c5ccccn5)CC4)sc3n2)cc1. The lowest BCUT2D eigenvalue weighted by Gasteiger charge is -2.34. The summed E-state index contributed by atoms with van der Waals surface area (Å²) in [4.78, 5) is 14.8. The second kappa shape index (κ2) is 6.42. The minimum atomic E-state index is 0.936. The number of aromatic nitrogens is 4. The summed E-state index contributed by atoms with van der Waals surface area (Å²) >= 11 is 1.65. The highest BCUT2D eigenvalue weighted by Gasteiger charge is 2.21. The molecule has 0 atom stereocenters. The van der Waals surface area contributed by atoms with E-state index in [2.05, 4.69) is 33.0 Å². The van der Waals surface area contributed by atoms with Gasteiger partial charge in [-0.15, -0.1) is 5.10 Å². The second-order valence-corrected chi connectivity index (χ2v) is 7.20. The fourth-order valence-electron chi connectivity index (χ4n) is 3.23. The molecule has 0 N–H and O–H groups in total. The quantitative estimate of drug-likeness (QED) is 0.560. The smallest absolute Gasteiger partial charge is 0.214 e. The zero-order chi connectivity index (χ0) is 17.3. The number of benzene rings is 1. The fraction of sp³-hybridized carbons (Fsp3) is 0.211. The summed E-state index contributed by atoms with van der Waals surface area (Å²) in [5, 5.41) is 5.78. The van der Waals surface area contributed by atoms with E-state index < -0.39 is 0 Å². The molecule has 1 saturated heterocycles. The second-order valence-electron chi connectivity index (χ2n) is 6.27. The third-order valence-electron chi connectivity index (χ3n) is 4.63. The lowest BCUT2D eigenvalue weighted by Crippen LogP contribution is -2.46. The van der Waals surface area contributed by atoms with Crippen molar-refractivity contribution in [1.82, 2.24) is 19.6 Å². The molecule has 7 heteroatoms. The summed E-state index contributed by atoms with van der Waals surface area (Å²) in [5.41, 5.74) is 2.09. The highest BCUT2D eigenvalue weighted by atomic mass is 32.1. The molecule has 4 heterocycles. The minimum Gasteiger partial charge on any atom is -0.353 e. The van der Waals surface area contributed by atoms with Crippen molar-refractivity contribution >= 4 is 27.2 Å². The third-order valence-corrected chi connectivity index (χ3v) is 5.61. The molecular formula is C19H18N6S. The molecule has 0 saturated carbocycles. The van der Waals surface area contributed by atoms with Gasteiger partial charge in [-0.05, 0) is 12.1 Å². The van der Waals surface area contributed by atoms with Crippen LogP contribution in [0, 0.1) is 0 Å². The molecule has 0 aliphatic carbocycles. The van der Waals surface area contributed by atoms with E-state index >= 15 is 0 Å². The van der Waals surface area contributed by atoms with Crippen molar-refractivity contribution < 1.29 is 0 Å². The Balaban J connectivity index is 1.32. The summed E-state index contributed by atoms with van der Waals surface area (Å²) in [6.07, 6.45) is 3.86. The van der Waals surface area contributed by atoms with Gasteiger partial charge in [0.05, 0.1) is 11.9 Å². The molecule has 4 aromatic rings. The molecule has 1 aliphatic rings. The first-order valence-electron chi connectivity index (χ1n) is 8.69. The van der Waals surface area contributed by atoms with Gasteiger partial charge in [0.15, 0.2) is 0 Å². The number of pyridine rings is 1. The van der Waals surface area contributed by atoms with Gasteiger partial charge in [0.2, 0.25) is 10.1 Å². The van der Waals surface area contributed by atoms with Crippen molar-refractivity contribution in [2.45, 2.75) is 0 Å². The first-order valence-corrected chi connectivity index (χ1v) is 9.51. The molecule has 0 amide bonds. The summed E-state index contributed by atoms with van der Waals surface area (Å²) in [7, 11) is 0. The van der Waals surface area contributed by atoms with E-state index in [1.165, 1.54) is 0 Å².